The zero-order valence-corrected chi connectivity index (χ0v) is 5.81. The summed E-state index contributed by atoms with van der Waals surface area (Å²) in [7, 11) is 2.13. The van der Waals surface area contributed by atoms with Crippen LogP contribution >= 0.6 is 0 Å². The molecule has 0 bridgehead atoms. The normalized spacial score (nSPS) is 33.1. The summed E-state index contributed by atoms with van der Waals surface area (Å²) in [6, 6.07) is 0. The minimum atomic E-state index is 0.810. The van der Waals surface area contributed by atoms with Gasteiger partial charge in [0.05, 0.1) is 0 Å². The average molecular weight is 111 g/mol. The van der Waals surface area contributed by atoms with Crippen LogP contribution in [0, 0.1) is 5.92 Å². The predicted molar refractivity (Wildman–Crippen MR) is 35.6 cm³/mol. The molecular formula is C7H13N. The van der Waals surface area contributed by atoms with Gasteiger partial charge in [-0.2, -0.15) is 0 Å². The number of rotatable bonds is 0. The molecule has 46 valence electrons. The zero-order valence-electron chi connectivity index (χ0n) is 5.81. The van der Waals surface area contributed by atoms with Crippen LogP contribution in [0.3, 0.4) is 0 Å². The van der Waals surface area contributed by atoms with Crippen LogP contribution in [0.1, 0.15) is 13.8 Å². The number of nitrogens with zero attached hydrogens (tertiary/aromatic N) is 1. The van der Waals surface area contributed by atoms with Gasteiger partial charge in [0.2, 0.25) is 0 Å². The first-order valence-electron chi connectivity index (χ1n) is 3.13. The van der Waals surface area contributed by atoms with Crippen LogP contribution in [0.2, 0.25) is 0 Å². The van der Waals surface area contributed by atoms with Crippen molar-refractivity contribution >= 4 is 0 Å². The lowest BCUT2D eigenvalue weighted by Crippen LogP contribution is -2.39. The lowest BCUT2D eigenvalue weighted by atomic mass is 9.98. The molecule has 8 heavy (non-hydrogen) atoms. The van der Waals surface area contributed by atoms with Crippen molar-refractivity contribution in [2.75, 3.05) is 13.6 Å². The molecular weight excluding hydrogens is 98.1 g/mol. The van der Waals surface area contributed by atoms with E-state index in [9.17, 15) is 0 Å². The SMILES string of the molecule is CC=C1C(C)CN1C. The lowest BCUT2D eigenvalue weighted by molar-refractivity contribution is 0.232. The smallest absolute Gasteiger partial charge is 0.0252 e. The van der Waals surface area contributed by atoms with E-state index in [1.54, 1.807) is 0 Å². The summed E-state index contributed by atoms with van der Waals surface area (Å²) < 4.78 is 0. The van der Waals surface area contributed by atoms with Gasteiger partial charge in [0.15, 0.2) is 0 Å². The van der Waals surface area contributed by atoms with Crippen LogP contribution in [0.5, 0.6) is 0 Å². The van der Waals surface area contributed by atoms with E-state index in [2.05, 4.69) is 31.9 Å². The van der Waals surface area contributed by atoms with E-state index in [0.29, 0.717) is 0 Å². The Morgan fingerprint density at radius 3 is 2.50 bits per heavy atom. The Bertz CT molecular complexity index is 106. The van der Waals surface area contributed by atoms with Crippen molar-refractivity contribution in [1.82, 2.24) is 4.90 Å². The molecule has 0 spiro atoms. The maximum Gasteiger partial charge on any atom is 0.0252 e. The Morgan fingerprint density at radius 2 is 2.38 bits per heavy atom. The topological polar surface area (TPSA) is 3.24 Å². The van der Waals surface area contributed by atoms with E-state index in [1.807, 2.05) is 0 Å². The molecule has 1 atom stereocenters. The highest BCUT2D eigenvalue weighted by Crippen LogP contribution is 2.25. The molecule has 1 rings (SSSR count). The maximum absolute atomic E-state index is 2.28. The quantitative estimate of drug-likeness (QED) is 0.457. The molecule has 0 radical (unpaired) electrons. The molecule has 1 aliphatic heterocycles. The molecule has 0 aromatic heterocycles. The highest BCUT2D eigenvalue weighted by molar-refractivity contribution is 5.11. The van der Waals surface area contributed by atoms with Gasteiger partial charge in [-0.25, -0.2) is 0 Å². The largest absolute Gasteiger partial charge is 0.377 e. The fraction of sp³-hybridized carbons (Fsp3) is 0.714. The summed E-state index contributed by atoms with van der Waals surface area (Å²) in [6.45, 7) is 5.59. The summed E-state index contributed by atoms with van der Waals surface area (Å²) in [4.78, 5) is 2.28. The fourth-order valence-corrected chi connectivity index (χ4v) is 1.38. The van der Waals surface area contributed by atoms with Crippen LogP contribution in [0.25, 0.3) is 0 Å². The van der Waals surface area contributed by atoms with Crippen molar-refractivity contribution in [2.24, 2.45) is 5.92 Å². The van der Waals surface area contributed by atoms with Gasteiger partial charge >= 0.3 is 0 Å². The summed E-state index contributed by atoms with van der Waals surface area (Å²) in [5.41, 5.74) is 1.49. The maximum atomic E-state index is 2.28. The first kappa shape index (κ1) is 5.67. The second-order valence-corrected chi connectivity index (χ2v) is 2.50. The molecule has 1 saturated heterocycles. The predicted octanol–water partition coefficient (Wildman–Crippen LogP) is 1.47. The van der Waals surface area contributed by atoms with Crippen LogP contribution in [-0.4, -0.2) is 18.5 Å². The Morgan fingerprint density at radius 1 is 1.75 bits per heavy atom. The fourth-order valence-electron chi connectivity index (χ4n) is 1.38. The first-order valence-corrected chi connectivity index (χ1v) is 3.13. The molecule has 0 N–H and O–H groups in total. The zero-order chi connectivity index (χ0) is 6.15. The molecule has 1 unspecified atom stereocenters. The second kappa shape index (κ2) is 1.81. The lowest BCUT2D eigenvalue weighted by Gasteiger charge is -2.39. The summed E-state index contributed by atoms with van der Waals surface area (Å²) in [5.74, 6) is 0.810. The van der Waals surface area contributed by atoms with E-state index < -0.39 is 0 Å². The van der Waals surface area contributed by atoms with E-state index in [1.165, 1.54) is 12.2 Å². The average Bonchev–Trinajstić information content (AvgIpc) is 1.67. The second-order valence-electron chi connectivity index (χ2n) is 2.50. The molecule has 1 fully saturated rings. The van der Waals surface area contributed by atoms with Crippen LogP contribution < -0.4 is 0 Å². The van der Waals surface area contributed by atoms with Gasteiger partial charge in [-0.15, -0.1) is 0 Å². The van der Waals surface area contributed by atoms with Crippen molar-refractivity contribution in [3.63, 3.8) is 0 Å². The minimum absolute atomic E-state index is 0.810. The standard InChI is InChI=1S/C7H13N/c1-4-7-6(2)5-8(7)3/h4,6H,5H2,1-3H3. The van der Waals surface area contributed by atoms with E-state index in [-0.39, 0.29) is 0 Å². The molecule has 0 amide bonds. The molecule has 1 nitrogen and oxygen atoms in total. The van der Waals surface area contributed by atoms with Gasteiger partial charge in [0.1, 0.15) is 0 Å². The van der Waals surface area contributed by atoms with E-state index in [4.69, 9.17) is 0 Å². The van der Waals surface area contributed by atoms with Gasteiger partial charge in [-0.1, -0.05) is 13.0 Å². The Balaban J connectivity index is 2.53. The third-order valence-electron chi connectivity index (χ3n) is 1.79. The third-order valence-corrected chi connectivity index (χ3v) is 1.79. The highest BCUT2D eigenvalue weighted by Gasteiger charge is 2.23. The minimum Gasteiger partial charge on any atom is -0.377 e. The molecule has 1 heterocycles. The van der Waals surface area contributed by atoms with Crippen LogP contribution in [0.15, 0.2) is 11.8 Å². The molecule has 0 aliphatic carbocycles. The summed E-state index contributed by atoms with van der Waals surface area (Å²) in [6.07, 6.45) is 2.19. The van der Waals surface area contributed by atoms with Crippen LogP contribution in [-0.2, 0) is 0 Å². The van der Waals surface area contributed by atoms with E-state index in [0.717, 1.165) is 5.92 Å². The van der Waals surface area contributed by atoms with Crippen molar-refractivity contribution in [2.45, 2.75) is 13.8 Å². The van der Waals surface area contributed by atoms with Crippen molar-refractivity contribution in [3.05, 3.63) is 11.8 Å². The summed E-state index contributed by atoms with van der Waals surface area (Å²) >= 11 is 0. The Hall–Kier alpha value is -0.460. The summed E-state index contributed by atoms with van der Waals surface area (Å²) in [5, 5.41) is 0. The first-order chi connectivity index (χ1) is 3.75. The highest BCUT2D eigenvalue weighted by atomic mass is 15.2. The van der Waals surface area contributed by atoms with E-state index >= 15 is 0 Å². The molecule has 1 heteroatoms. The van der Waals surface area contributed by atoms with Crippen molar-refractivity contribution in [3.8, 4) is 0 Å². The number of allylic oxidation sites excluding steroid dienone is 1. The Labute approximate surface area is 51.0 Å². The molecule has 0 aromatic rings. The number of likely N-dealkylation sites (tertiary alicyclic amines) is 1. The van der Waals surface area contributed by atoms with Gasteiger partial charge < -0.3 is 4.90 Å². The number of hydrogen-bond acceptors (Lipinski definition) is 1. The molecule has 0 aromatic carbocycles. The van der Waals surface area contributed by atoms with Gasteiger partial charge in [-0.05, 0) is 6.92 Å². The Kier molecular flexibility index (Phi) is 1.28. The molecule has 1 aliphatic rings. The van der Waals surface area contributed by atoms with Crippen molar-refractivity contribution < 1.29 is 0 Å². The number of hydrogen-bond donors (Lipinski definition) is 0. The molecule has 0 saturated carbocycles. The van der Waals surface area contributed by atoms with Gasteiger partial charge in [0.25, 0.3) is 0 Å². The van der Waals surface area contributed by atoms with Gasteiger partial charge in [-0.3, -0.25) is 0 Å². The van der Waals surface area contributed by atoms with Crippen molar-refractivity contribution in [1.29, 1.82) is 0 Å². The monoisotopic (exact) mass is 111 g/mol. The third kappa shape index (κ3) is 0.623. The van der Waals surface area contributed by atoms with Crippen LogP contribution in [0.4, 0.5) is 0 Å². The van der Waals surface area contributed by atoms with Gasteiger partial charge in [0, 0.05) is 25.2 Å².